The van der Waals surface area contributed by atoms with E-state index in [1.54, 1.807) is 6.20 Å². The second kappa shape index (κ2) is 2.77. The van der Waals surface area contributed by atoms with Crippen LogP contribution in [0.4, 0.5) is 0 Å². The predicted octanol–water partition coefficient (Wildman–Crippen LogP) is 1.37. The van der Waals surface area contributed by atoms with Gasteiger partial charge in [-0.3, -0.25) is 9.97 Å². The van der Waals surface area contributed by atoms with E-state index in [2.05, 4.69) is 16.9 Å². The summed E-state index contributed by atoms with van der Waals surface area (Å²) in [7, 11) is 0. The Morgan fingerprint density at radius 3 is 2.77 bits per heavy atom. The van der Waals surface area contributed by atoms with E-state index in [9.17, 15) is 0 Å². The summed E-state index contributed by atoms with van der Waals surface area (Å²) in [4.78, 5) is 8.53. The molecule has 2 atom stereocenters. The third-order valence-corrected chi connectivity index (χ3v) is 2.90. The highest BCUT2D eigenvalue weighted by Crippen LogP contribution is 2.50. The third kappa shape index (κ3) is 1.33. The minimum absolute atomic E-state index is 0.171. The van der Waals surface area contributed by atoms with E-state index < -0.39 is 0 Å². The van der Waals surface area contributed by atoms with Crippen molar-refractivity contribution < 1.29 is 0 Å². The van der Waals surface area contributed by atoms with E-state index in [0.29, 0.717) is 5.92 Å². The molecule has 70 valence electrons. The molecule has 13 heavy (non-hydrogen) atoms. The molecule has 0 amide bonds. The van der Waals surface area contributed by atoms with E-state index in [1.165, 1.54) is 0 Å². The Morgan fingerprint density at radius 1 is 1.54 bits per heavy atom. The smallest absolute Gasteiger partial charge is 0.0788 e. The standard InChI is InChI=1S/C10H15N3/c1-3-8-4-10(8,11)9-6-12-7(2)5-13-9/h5-6,8H,3-4,11H2,1-2H3. The highest BCUT2D eigenvalue weighted by atomic mass is 14.9. The molecular formula is C10H15N3. The summed E-state index contributed by atoms with van der Waals surface area (Å²) in [6.45, 7) is 4.10. The molecule has 1 aliphatic carbocycles. The van der Waals surface area contributed by atoms with Crippen molar-refractivity contribution >= 4 is 0 Å². The van der Waals surface area contributed by atoms with Crippen molar-refractivity contribution in [2.24, 2.45) is 11.7 Å². The van der Waals surface area contributed by atoms with Crippen molar-refractivity contribution in [2.75, 3.05) is 0 Å². The molecule has 1 aromatic heterocycles. The Kier molecular flexibility index (Phi) is 1.84. The Balaban J connectivity index is 2.23. The van der Waals surface area contributed by atoms with Gasteiger partial charge in [-0.25, -0.2) is 0 Å². The first-order chi connectivity index (χ1) is 6.16. The molecule has 1 fully saturated rings. The van der Waals surface area contributed by atoms with Crippen molar-refractivity contribution in [1.82, 2.24) is 9.97 Å². The van der Waals surface area contributed by atoms with Crippen molar-refractivity contribution in [2.45, 2.75) is 32.2 Å². The molecule has 1 aliphatic rings. The lowest BCUT2D eigenvalue weighted by Gasteiger charge is -2.09. The first-order valence-electron chi connectivity index (χ1n) is 4.75. The van der Waals surface area contributed by atoms with Crippen molar-refractivity contribution in [3.63, 3.8) is 0 Å². The molecule has 3 nitrogen and oxygen atoms in total. The zero-order chi connectivity index (χ0) is 9.47. The third-order valence-electron chi connectivity index (χ3n) is 2.90. The zero-order valence-electron chi connectivity index (χ0n) is 8.12. The van der Waals surface area contributed by atoms with Crippen LogP contribution in [-0.4, -0.2) is 9.97 Å². The maximum absolute atomic E-state index is 6.17. The first kappa shape index (κ1) is 8.63. The monoisotopic (exact) mass is 177 g/mol. The molecular weight excluding hydrogens is 162 g/mol. The maximum Gasteiger partial charge on any atom is 0.0788 e. The summed E-state index contributed by atoms with van der Waals surface area (Å²) in [6.07, 6.45) is 5.78. The molecule has 0 bridgehead atoms. The highest BCUT2D eigenvalue weighted by molar-refractivity contribution is 5.23. The number of aromatic nitrogens is 2. The van der Waals surface area contributed by atoms with Crippen LogP contribution in [0.2, 0.25) is 0 Å². The molecule has 1 saturated carbocycles. The average molecular weight is 177 g/mol. The van der Waals surface area contributed by atoms with Crippen LogP contribution in [0.15, 0.2) is 12.4 Å². The second-order valence-electron chi connectivity index (χ2n) is 3.89. The quantitative estimate of drug-likeness (QED) is 0.742. The lowest BCUT2D eigenvalue weighted by molar-refractivity contribution is 0.594. The van der Waals surface area contributed by atoms with Gasteiger partial charge in [0.25, 0.3) is 0 Å². The summed E-state index contributed by atoms with van der Waals surface area (Å²) in [5, 5.41) is 0. The Hall–Kier alpha value is -0.960. The van der Waals surface area contributed by atoms with Gasteiger partial charge in [-0.1, -0.05) is 13.3 Å². The summed E-state index contributed by atoms with van der Waals surface area (Å²) >= 11 is 0. The van der Waals surface area contributed by atoms with Crippen LogP contribution in [-0.2, 0) is 5.54 Å². The predicted molar refractivity (Wildman–Crippen MR) is 51.0 cm³/mol. The number of aryl methyl sites for hydroxylation is 1. The molecule has 0 spiro atoms. The minimum atomic E-state index is -0.171. The van der Waals surface area contributed by atoms with Crippen LogP contribution in [0, 0.1) is 12.8 Å². The van der Waals surface area contributed by atoms with Crippen LogP contribution < -0.4 is 5.73 Å². The topological polar surface area (TPSA) is 51.8 Å². The summed E-state index contributed by atoms with van der Waals surface area (Å²) in [5.74, 6) is 0.601. The fraction of sp³-hybridized carbons (Fsp3) is 0.600. The van der Waals surface area contributed by atoms with E-state index >= 15 is 0 Å². The van der Waals surface area contributed by atoms with Gasteiger partial charge in [-0.15, -0.1) is 0 Å². The summed E-state index contributed by atoms with van der Waals surface area (Å²) in [6, 6.07) is 0. The van der Waals surface area contributed by atoms with Gasteiger partial charge in [0.1, 0.15) is 0 Å². The minimum Gasteiger partial charge on any atom is -0.320 e. The number of hydrogen-bond acceptors (Lipinski definition) is 3. The van der Waals surface area contributed by atoms with Crippen LogP contribution in [0.3, 0.4) is 0 Å². The molecule has 2 rings (SSSR count). The second-order valence-corrected chi connectivity index (χ2v) is 3.89. The van der Waals surface area contributed by atoms with Gasteiger partial charge in [0.15, 0.2) is 0 Å². The van der Waals surface area contributed by atoms with Gasteiger partial charge in [0.05, 0.1) is 23.1 Å². The van der Waals surface area contributed by atoms with Crippen LogP contribution in [0.5, 0.6) is 0 Å². The Morgan fingerprint density at radius 2 is 2.31 bits per heavy atom. The molecule has 0 radical (unpaired) electrons. The average Bonchev–Trinajstić information content (AvgIpc) is 2.80. The lowest BCUT2D eigenvalue weighted by Crippen LogP contribution is -2.23. The van der Waals surface area contributed by atoms with E-state index in [0.717, 1.165) is 24.2 Å². The van der Waals surface area contributed by atoms with Crippen LogP contribution >= 0.6 is 0 Å². The van der Waals surface area contributed by atoms with Gasteiger partial charge in [0.2, 0.25) is 0 Å². The van der Waals surface area contributed by atoms with Crippen LogP contribution in [0.1, 0.15) is 31.2 Å². The molecule has 0 aliphatic heterocycles. The van der Waals surface area contributed by atoms with Gasteiger partial charge >= 0.3 is 0 Å². The Bertz CT molecular complexity index is 306. The normalized spacial score (nSPS) is 31.8. The molecule has 1 heterocycles. The first-order valence-corrected chi connectivity index (χ1v) is 4.75. The number of nitrogens with two attached hydrogens (primary N) is 1. The van der Waals surface area contributed by atoms with Gasteiger partial charge in [-0.05, 0) is 19.3 Å². The molecule has 3 heteroatoms. The molecule has 0 saturated heterocycles. The number of hydrogen-bond donors (Lipinski definition) is 1. The fourth-order valence-electron chi connectivity index (χ4n) is 1.80. The van der Waals surface area contributed by atoms with Crippen LogP contribution in [0.25, 0.3) is 0 Å². The molecule has 0 aromatic carbocycles. The van der Waals surface area contributed by atoms with E-state index in [-0.39, 0.29) is 5.54 Å². The van der Waals surface area contributed by atoms with Crippen molar-refractivity contribution in [1.29, 1.82) is 0 Å². The highest BCUT2D eigenvalue weighted by Gasteiger charge is 2.52. The molecule has 2 N–H and O–H groups in total. The van der Waals surface area contributed by atoms with Crippen molar-refractivity contribution in [3.8, 4) is 0 Å². The van der Waals surface area contributed by atoms with E-state index in [1.807, 2.05) is 13.1 Å². The Labute approximate surface area is 78.4 Å². The largest absolute Gasteiger partial charge is 0.320 e. The SMILES string of the molecule is CCC1CC1(N)c1cnc(C)cn1. The van der Waals surface area contributed by atoms with Gasteiger partial charge in [0, 0.05) is 6.20 Å². The molecule has 2 unspecified atom stereocenters. The maximum atomic E-state index is 6.17. The zero-order valence-corrected chi connectivity index (χ0v) is 8.12. The van der Waals surface area contributed by atoms with Crippen molar-refractivity contribution in [3.05, 3.63) is 23.8 Å². The van der Waals surface area contributed by atoms with E-state index in [4.69, 9.17) is 5.73 Å². The summed E-state index contributed by atoms with van der Waals surface area (Å²) in [5.41, 5.74) is 7.89. The fourth-order valence-corrected chi connectivity index (χ4v) is 1.80. The summed E-state index contributed by atoms with van der Waals surface area (Å²) < 4.78 is 0. The number of rotatable bonds is 2. The number of nitrogens with zero attached hydrogens (tertiary/aromatic N) is 2. The lowest BCUT2D eigenvalue weighted by atomic mass is 10.1. The van der Waals surface area contributed by atoms with Gasteiger partial charge in [-0.2, -0.15) is 0 Å². The molecule has 1 aromatic rings. The van der Waals surface area contributed by atoms with Gasteiger partial charge < -0.3 is 5.73 Å².